The van der Waals surface area contributed by atoms with Gasteiger partial charge in [-0.1, -0.05) is 12.1 Å². The van der Waals surface area contributed by atoms with Crippen molar-refractivity contribution in [1.82, 2.24) is 4.90 Å². The van der Waals surface area contributed by atoms with E-state index in [1.165, 1.54) is 12.1 Å². The lowest BCUT2D eigenvalue weighted by atomic mass is 10.1. The number of nitriles is 1. The minimum absolute atomic E-state index is 0.331. The molecule has 0 unspecified atom stereocenters. The Labute approximate surface area is 82.9 Å². The Morgan fingerprint density at radius 2 is 2.21 bits per heavy atom. The Kier molecular flexibility index (Phi) is 3.24. The summed E-state index contributed by atoms with van der Waals surface area (Å²) in [6.45, 7) is 0. The first kappa shape index (κ1) is 10.3. The van der Waals surface area contributed by atoms with Gasteiger partial charge in [-0.15, -0.1) is 0 Å². The van der Waals surface area contributed by atoms with Crippen LogP contribution in [0.2, 0.25) is 0 Å². The molecule has 72 valence electrons. The van der Waals surface area contributed by atoms with Crippen molar-refractivity contribution in [3.8, 4) is 6.07 Å². The maximum atomic E-state index is 12.9. The highest BCUT2D eigenvalue weighted by Crippen LogP contribution is 2.14. The summed E-state index contributed by atoms with van der Waals surface area (Å²) in [7, 11) is 3.63. The monoisotopic (exact) mass is 190 g/mol. The van der Waals surface area contributed by atoms with Gasteiger partial charge in [-0.2, -0.15) is 5.26 Å². The molecular weight excluding hydrogens is 179 g/mol. The standard InChI is InChI=1S/C11H11FN2/c1-14(2)8-10(7-13)9-4-3-5-11(12)6-9/h3-6,8H,1-2H3/b10-8+. The maximum absolute atomic E-state index is 12.9. The van der Waals surface area contributed by atoms with E-state index in [0.717, 1.165) is 0 Å². The first-order valence-corrected chi connectivity index (χ1v) is 4.18. The maximum Gasteiger partial charge on any atom is 0.123 e. The van der Waals surface area contributed by atoms with Crippen LogP contribution in [0, 0.1) is 17.1 Å². The highest BCUT2D eigenvalue weighted by Gasteiger charge is 2.01. The average molecular weight is 190 g/mol. The minimum atomic E-state index is -0.331. The van der Waals surface area contributed by atoms with E-state index in [1.807, 2.05) is 20.2 Å². The Hall–Kier alpha value is -1.82. The van der Waals surface area contributed by atoms with Crippen LogP contribution in [0.4, 0.5) is 4.39 Å². The molecule has 0 saturated carbocycles. The molecule has 1 rings (SSSR count). The second-order valence-corrected chi connectivity index (χ2v) is 3.13. The van der Waals surface area contributed by atoms with Crippen LogP contribution in [0.25, 0.3) is 5.57 Å². The van der Waals surface area contributed by atoms with Gasteiger partial charge in [0.25, 0.3) is 0 Å². The predicted octanol–water partition coefficient (Wildman–Crippen LogP) is 2.25. The number of allylic oxidation sites excluding steroid dienone is 1. The third kappa shape index (κ3) is 2.60. The van der Waals surface area contributed by atoms with Gasteiger partial charge in [0.15, 0.2) is 0 Å². The molecule has 0 heterocycles. The molecule has 2 nitrogen and oxygen atoms in total. The molecule has 0 aliphatic heterocycles. The van der Waals surface area contributed by atoms with Crippen molar-refractivity contribution >= 4 is 5.57 Å². The molecule has 0 amide bonds. The molecule has 0 aromatic heterocycles. The Morgan fingerprint density at radius 3 is 2.71 bits per heavy atom. The van der Waals surface area contributed by atoms with Gasteiger partial charge in [0.05, 0.1) is 5.57 Å². The van der Waals surface area contributed by atoms with Crippen LogP contribution < -0.4 is 0 Å². The van der Waals surface area contributed by atoms with E-state index < -0.39 is 0 Å². The summed E-state index contributed by atoms with van der Waals surface area (Å²) in [5.74, 6) is -0.331. The van der Waals surface area contributed by atoms with Gasteiger partial charge in [-0.25, -0.2) is 4.39 Å². The van der Waals surface area contributed by atoms with Crippen LogP contribution in [0.5, 0.6) is 0 Å². The van der Waals surface area contributed by atoms with Crippen molar-refractivity contribution in [3.63, 3.8) is 0 Å². The molecule has 0 spiro atoms. The lowest BCUT2D eigenvalue weighted by Gasteiger charge is -2.06. The van der Waals surface area contributed by atoms with E-state index in [4.69, 9.17) is 5.26 Å². The van der Waals surface area contributed by atoms with Gasteiger partial charge >= 0.3 is 0 Å². The van der Waals surface area contributed by atoms with Crippen LogP contribution >= 0.6 is 0 Å². The molecule has 1 aromatic rings. The number of benzene rings is 1. The molecule has 0 atom stereocenters. The summed E-state index contributed by atoms with van der Waals surface area (Å²) in [5.41, 5.74) is 1.05. The number of halogens is 1. The van der Waals surface area contributed by atoms with E-state index in [9.17, 15) is 4.39 Å². The SMILES string of the molecule is CN(C)/C=C(\C#N)c1cccc(F)c1. The number of hydrogen-bond acceptors (Lipinski definition) is 2. The first-order chi connectivity index (χ1) is 6.63. The molecule has 0 saturated heterocycles. The molecule has 0 bridgehead atoms. The number of nitrogens with zero attached hydrogens (tertiary/aromatic N) is 2. The fraction of sp³-hybridized carbons (Fsp3) is 0.182. The summed E-state index contributed by atoms with van der Waals surface area (Å²) in [6.07, 6.45) is 1.66. The molecule has 0 fully saturated rings. The molecule has 0 aliphatic carbocycles. The zero-order valence-corrected chi connectivity index (χ0v) is 8.16. The first-order valence-electron chi connectivity index (χ1n) is 4.18. The summed E-state index contributed by atoms with van der Waals surface area (Å²) >= 11 is 0. The molecule has 14 heavy (non-hydrogen) atoms. The van der Waals surface area contributed by atoms with Crippen LogP contribution in [-0.2, 0) is 0 Å². The van der Waals surface area contributed by atoms with Gasteiger partial charge in [-0.05, 0) is 17.7 Å². The fourth-order valence-electron chi connectivity index (χ4n) is 1.08. The Balaban J connectivity index is 3.09. The number of hydrogen-bond donors (Lipinski definition) is 0. The van der Waals surface area contributed by atoms with Gasteiger partial charge in [0.2, 0.25) is 0 Å². The van der Waals surface area contributed by atoms with Crippen molar-refractivity contribution < 1.29 is 4.39 Å². The second-order valence-electron chi connectivity index (χ2n) is 3.13. The summed E-state index contributed by atoms with van der Waals surface area (Å²) < 4.78 is 12.9. The van der Waals surface area contributed by atoms with Crippen molar-refractivity contribution in [2.75, 3.05) is 14.1 Å². The van der Waals surface area contributed by atoms with E-state index in [0.29, 0.717) is 11.1 Å². The zero-order valence-electron chi connectivity index (χ0n) is 8.16. The molecular formula is C11H11FN2. The Bertz CT molecular complexity index is 389. The van der Waals surface area contributed by atoms with Crippen LogP contribution in [-0.4, -0.2) is 19.0 Å². The highest BCUT2D eigenvalue weighted by atomic mass is 19.1. The van der Waals surface area contributed by atoms with Crippen molar-refractivity contribution in [2.45, 2.75) is 0 Å². The molecule has 3 heteroatoms. The smallest absolute Gasteiger partial charge is 0.123 e. The summed E-state index contributed by atoms with van der Waals surface area (Å²) in [4.78, 5) is 1.75. The van der Waals surface area contributed by atoms with Crippen LogP contribution in [0.1, 0.15) is 5.56 Å². The lowest BCUT2D eigenvalue weighted by molar-refractivity contribution is 0.566. The molecule has 0 aliphatic rings. The van der Waals surface area contributed by atoms with E-state index in [1.54, 1.807) is 23.2 Å². The quantitative estimate of drug-likeness (QED) is 0.669. The summed E-state index contributed by atoms with van der Waals surface area (Å²) in [5, 5.41) is 8.85. The largest absolute Gasteiger partial charge is 0.382 e. The summed E-state index contributed by atoms with van der Waals surface area (Å²) in [6, 6.07) is 8.03. The van der Waals surface area contributed by atoms with E-state index in [2.05, 4.69) is 0 Å². The minimum Gasteiger partial charge on any atom is -0.382 e. The molecule has 1 aromatic carbocycles. The zero-order chi connectivity index (χ0) is 10.6. The topological polar surface area (TPSA) is 27.0 Å². The van der Waals surface area contributed by atoms with Gasteiger partial charge in [0, 0.05) is 20.3 Å². The fourth-order valence-corrected chi connectivity index (χ4v) is 1.08. The Morgan fingerprint density at radius 1 is 1.50 bits per heavy atom. The third-order valence-corrected chi connectivity index (χ3v) is 1.64. The predicted molar refractivity (Wildman–Crippen MR) is 53.7 cm³/mol. The third-order valence-electron chi connectivity index (χ3n) is 1.64. The average Bonchev–Trinajstić information content (AvgIpc) is 2.14. The molecule has 0 N–H and O–H groups in total. The lowest BCUT2D eigenvalue weighted by Crippen LogP contribution is -2.02. The molecule has 0 radical (unpaired) electrons. The number of rotatable bonds is 2. The highest BCUT2D eigenvalue weighted by molar-refractivity contribution is 5.76. The van der Waals surface area contributed by atoms with Gasteiger partial charge < -0.3 is 4.90 Å². The van der Waals surface area contributed by atoms with Gasteiger partial charge in [-0.3, -0.25) is 0 Å². The van der Waals surface area contributed by atoms with Crippen LogP contribution in [0.15, 0.2) is 30.5 Å². The van der Waals surface area contributed by atoms with Gasteiger partial charge in [0.1, 0.15) is 11.9 Å². The van der Waals surface area contributed by atoms with Crippen molar-refractivity contribution in [1.29, 1.82) is 5.26 Å². The normalized spacial score (nSPS) is 10.9. The second kappa shape index (κ2) is 4.43. The van der Waals surface area contributed by atoms with Crippen molar-refractivity contribution in [3.05, 3.63) is 41.8 Å². The van der Waals surface area contributed by atoms with E-state index in [-0.39, 0.29) is 5.82 Å². The van der Waals surface area contributed by atoms with E-state index >= 15 is 0 Å². The van der Waals surface area contributed by atoms with Crippen LogP contribution in [0.3, 0.4) is 0 Å². The van der Waals surface area contributed by atoms with Crippen molar-refractivity contribution in [2.24, 2.45) is 0 Å².